The Kier molecular flexibility index (Phi) is 4.06. The molecule has 1 saturated carbocycles. The molecule has 1 amide bonds. The maximum atomic E-state index is 12.1. The Labute approximate surface area is 115 Å². The van der Waals surface area contributed by atoms with Crippen LogP contribution in [0.15, 0.2) is 0 Å². The fourth-order valence-electron chi connectivity index (χ4n) is 3.45. The number of fused-ring (bicyclic) bond motifs is 2. The molecule has 1 heterocycles. The van der Waals surface area contributed by atoms with Gasteiger partial charge < -0.3 is 20.5 Å². The van der Waals surface area contributed by atoms with E-state index in [1.807, 2.05) is 20.8 Å². The van der Waals surface area contributed by atoms with E-state index in [4.69, 9.17) is 10.5 Å². The summed E-state index contributed by atoms with van der Waals surface area (Å²) < 4.78 is 5.43. The van der Waals surface area contributed by atoms with Crippen molar-refractivity contribution in [3.05, 3.63) is 0 Å². The number of carbonyl (C=O) groups excluding carboxylic acids is 1. The standard InChI is InChI=1S/C14H26N2O3/c1-14(2,3)19-13(18)16-7-9-4-11(17)5-10(8-16)12(9)6-15/h9-12,17H,4-8,15H2,1-3H3. The van der Waals surface area contributed by atoms with E-state index in [-0.39, 0.29) is 12.2 Å². The summed E-state index contributed by atoms with van der Waals surface area (Å²) >= 11 is 0. The molecule has 2 atom stereocenters. The van der Waals surface area contributed by atoms with Gasteiger partial charge in [0.1, 0.15) is 5.60 Å². The fourth-order valence-corrected chi connectivity index (χ4v) is 3.45. The summed E-state index contributed by atoms with van der Waals surface area (Å²) in [5, 5.41) is 9.86. The van der Waals surface area contributed by atoms with Crippen LogP contribution in [0.5, 0.6) is 0 Å². The number of hydrogen-bond donors (Lipinski definition) is 2. The number of rotatable bonds is 1. The number of hydrogen-bond acceptors (Lipinski definition) is 4. The third kappa shape index (κ3) is 3.39. The molecule has 0 aromatic heterocycles. The first-order valence-corrected chi connectivity index (χ1v) is 7.16. The second-order valence-corrected chi connectivity index (χ2v) is 6.93. The molecule has 0 aromatic rings. The van der Waals surface area contributed by atoms with E-state index in [0.717, 1.165) is 12.8 Å². The topological polar surface area (TPSA) is 75.8 Å². The number of nitrogens with zero attached hydrogens (tertiary/aromatic N) is 1. The van der Waals surface area contributed by atoms with Crippen molar-refractivity contribution in [2.45, 2.75) is 45.3 Å². The number of nitrogens with two attached hydrogens (primary N) is 1. The van der Waals surface area contributed by atoms with Crippen LogP contribution in [-0.4, -0.2) is 47.4 Å². The van der Waals surface area contributed by atoms with E-state index in [1.54, 1.807) is 4.90 Å². The Hall–Kier alpha value is -0.810. The van der Waals surface area contributed by atoms with E-state index in [9.17, 15) is 9.90 Å². The van der Waals surface area contributed by atoms with Crippen LogP contribution in [0.3, 0.4) is 0 Å². The molecular formula is C14H26N2O3. The number of aliphatic hydroxyl groups excluding tert-OH is 1. The van der Waals surface area contributed by atoms with Gasteiger partial charge >= 0.3 is 6.09 Å². The average Bonchev–Trinajstić information content (AvgIpc) is 2.24. The van der Waals surface area contributed by atoms with Crippen LogP contribution in [0.2, 0.25) is 0 Å². The third-order valence-corrected chi connectivity index (χ3v) is 4.19. The molecule has 1 saturated heterocycles. The Bertz CT molecular complexity index is 324. The van der Waals surface area contributed by atoms with Gasteiger partial charge in [0.25, 0.3) is 0 Å². The smallest absolute Gasteiger partial charge is 0.410 e. The van der Waals surface area contributed by atoms with Gasteiger partial charge in [0, 0.05) is 13.1 Å². The minimum absolute atomic E-state index is 0.237. The Morgan fingerprint density at radius 2 is 1.84 bits per heavy atom. The number of carbonyl (C=O) groups is 1. The Morgan fingerprint density at radius 3 is 2.26 bits per heavy atom. The van der Waals surface area contributed by atoms with Crippen LogP contribution in [0, 0.1) is 17.8 Å². The molecule has 5 nitrogen and oxygen atoms in total. The molecule has 1 aliphatic heterocycles. The molecule has 2 fully saturated rings. The number of piperidine rings is 1. The summed E-state index contributed by atoms with van der Waals surface area (Å²) in [5.41, 5.74) is 5.38. The lowest BCUT2D eigenvalue weighted by atomic mass is 9.68. The first-order chi connectivity index (χ1) is 8.80. The second-order valence-electron chi connectivity index (χ2n) is 6.93. The van der Waals surface area contributed by atoms with Crippen LogP contribution in [0.25, 0.3) is 0 Å². The van der Waals surface area contributed by atoms with E-state index in [0.29, 0.717) is 37.4 Å². The zero-order valence-electron chi connectivity index (χ0n) is 12.1. The molecule has 2 bridgehead atoms. The molecule has 19 heavy (non-hydrogen) atoms. The van der Waals surface area contributed by atoms with Crippen LogP contribution >= 0.6 is 0 Å². The third-order valence-electron chi connectivity index (χ3n) is 4.19. The number of ether oxygens (including phenoxy) is 1. The zero-order valence-corrected chi connectivity index (χ0v) is 12.1. The Balaban J connectivity index is 2.02. The van der Waals surface area contributed by atoms with Crippen molar-refractivity contribution in [2.24, 2.45) is 23.5 Å². The lowest BCUT2D eigenvalue weighted by molar-refractivity contribution is -0.0448. The minimum atomic E-state index is -0.462. The van der Waals surface area contributed by atoms with Gasteiger partial charge in [-0.1, -0.05) is 0 Å². The summed E-state index contributed by atoms with van der Waals surface area (Å²) in [4.78, 5) is 13.9. The van der Waals surface area contributed by atoms with Gasteiger partial charge in [-0.3, -0.25) is 0 Å². The SMILES string of the molecule is CC(C)(C)OC(=O)N1CC2CC(O)CC(C1)C2CN. The lowest BCUT2D eigenvalue weighted by Crippen LogP contribution is -2.55. The summed E-state index contributed by atoms with van der Waals surface area (Å²) in [6.07, 6.45) is 1.02. The van der Waals surface area contributed by atoms with Crippen molar-refractivity contribution in [1.82, 2.24) is 4.90 Å². The summed E-state index contributed by atoms with van der Waals surface area (Å²) in [7, 11) is 0. The average molecular weight is 270 g/mol. The number of likely N-dealkylation sites (tertiary alicyclic amines) is 1. The molecule has 5 heteroatoms. The lowest BCUT2D eigenvalue weighted by Gasteiger charge is -2.48. The zero-order chi connectivity index (χ0) is 14.2. The molecular weight excluding hydrogens is 244 g/mol. The maximum absolute atomic E-state index is 12.1. The largest absolute Gasteiger partial charge is 0.444 e. The van der Waals surface area contributed by atoms with Gasteiger partial charge in [-0.2, -0.15) is 0 Å². The van der Waals surface area contributed by atoms with Gasteiger partial charge in [0.2, 0.25) is 0 Å². The monoisotopic (exact) mass is 270 g/mol. The minimum Gasteiger partial charge on any atom is -0.444 e. The maximum Gasteiger partial charge on any atom is 0.410 e. The summed E-state index contributed by atoms with van der Waals surface area (Å²) in [6.45, 7) is 7.59. The van der Waals surface area contributed by atoms with Crippen molar-refractivity contribution in [1.29, 1.82) is 0 Å². The molecule has 2 aliphatic rings. The molecule has 110 valence electrons. The molecule has 0 spiro atoms. The van der Waals surface area contributed by atoms with Crippen LogP contribution in [-0.2, 0) is 4.74 Å². The molecule has 0 radical (unpaired) electrons. The van der Waals surface area contributed by atoms with E-state index >= 15 is 0 Å². The highest BCUT2D eigenvalue weighted by atomic mass is 16.6. The predicted molar refractivity (Wildman–Crippen MR) is 72.6 cm³/mol. The Morgan fingerprint density at radius 1 is 1.32 bits per heavy atom. The highest BCUT2D eigenvalue weighted by Crippen LogP contribution is 2.39. The molecule has 0 aromatic carbocycles. The molecule has 2 rings (SSSR count). The van der Waals surface area contributed by atoms with Gasteiger partial charge in [0.15, 0.2) is 0 Å². The van der Waals surface area contributed by atoms with E-state index in [1.165, 1.54) is 0 Å². The first-order valence-electron chi connectivity index (χ1n) is 7.16. The van der Waals surface area contributed by atoms with Gasteiger partial charge in [-0.15, -0.1) is 0 Å². The summed E-state index contributed by atoms with van der Waals surface area (Å²) in [6, 6.07) is 0. The molecule has 2 unspecified atom stereocenters. The highest BCUT2D eigenvalue weighted by molar-refractivity contribution is 5.68. The summed E-state index contributed by atoms with van der Waals surface area (Å²) in [5.74, 6) is 1.04. The van der Waals surface area contributed by atoms with E-state index in [2.05, 4.69) is 0 Å². The normalized spacial score (nSPS) is 35.1. The van der Waals surface area contributed by atoms with Crippen molar-refractivity contribution in [3.8, 4) is 0 Å². The van der Waals surface area contributed by atoms with E-state index < -0.39 is 5.60 Å². The number of amides is 1. The predicted octanol–water partition coefficient (Wildman–Crippen LogP) is 1.20. The van der Waals surface area contributed by atoms with Crippen molar-refractivity contribution in [2.75, 3.05) is 19.6 Å². The molecule has 1 aliphatic carbocycles. The van der Waals surface area contributed by atoms with Gasteiger partial charge in [0.05, 0.1) is 6.10 Å². The molecule has 3 N–H and O–H groups in total. The fraction of sp³-hybridized carbons (Fsp3) is 0.929. The highest BCUT2D eigenvalue weighted by Gasteiger charge is 2.43. The first kappa shape index (κ1) is 14.6. The van der Waals surface area contributed by atoms with Gasteiger partial charge in [-0.25, -0.2) is 4.79 Å². The van der Waals surface area contributed by atoms with Crippen LogP contribution < -0.4 is 5.73 Å². The second kappa shape index (κ2) is 5.29. The number of aliphatic hydroxyl groups is 1. The van der Waals surface area contributed by atoms with Crippen LogP contribution in [0.1, 0.15) is 33.6 Å². The van der Waals surface area contributed by atoms with Crippen LogP contribution in [0.4, 0.5) is 4.79 Å². The van der Waals surface area contributed by atoms with Crippen molar-refractivity contribution in [3.63, 3.8) is 0 Å². The van der Waals surface area contributed by atoms with Crippen molar-refractivity contribution < 1.29 is 14.6 Å². The van der Waals surface area contributed by atoms with Crippen molar-refractivity contribution >= 4 is 6.09 Å². The quantitative estimate of drug-likeness (QED) is 0.750. The van der Waals surface area contributed by atoms with Gasteiger partial charge in [-0.05, 0) is 57.9 Å².